The van der Waals surface area contributed by atoms with Crippen molar-refractivity contribution in [1.82, 2.24) is 0 Å². The molecule has 0 heterocycles. The summed E-state index contributed by atoms with van der Waals surface area (Å²) in [6.45, 7) is 0.871. The number of nitrogens with two attached hydrogens (primary N) is 1. The van der Waals surface area contributed by atoms with Gasteiger partial charge in [0.05, 0.1) is 6.54 Å². The molecule has 1 aromatic rings. The van der Waals surface area contributed by atoms with Crippen LogP contribution < -0.4 is 5.73 Å². The number of alkyl halides is 2. The second kappa shape index (κ2) is 7.89. The van der Waals surface area contributed by atoms with Gasteiger partial charge in [0, 0.05) is 12.0 Å². The van der Waals surface area contributed by atoms with Gasteiger partial charge < -0.3 is 10.5 Å². The van der Waals surface area contributed by atoms with Crippen molar-refractivity contribution in [2.75, 3.05) is 13.2 Å². The van der Waals surface area contributed by atoms with E-state index in [1.807, 2.05) is 0 Å². The largest absolute Gasteiger partial charge is 0.386 e. The van der Waals surface area contributed by atoms with Gasteiger partial charge in [0.1, 0.15) is 24.9 Å². The quantitative estimate of drug-likeness (QED) is 0.590. The highest BCUT2D eigenvalue weighted by Crippen LogP contribution is 2.20. The Morgan fingerprint density at radius 1 is 1.35 bits per heavy atom. The Morgan fingerprint density at radius 3 is 2.70 bits per heavy atom. The molecule has 0 radical (unpaired) electrons. The van der Waals surface area contributed by atoms with E-state index < -0.39 is 12.5 Å². The Kier molecular flexibility index (Phi) is 6.51. The second-order valence-corrected chi connectivity index (χ2v) is 4.50. The number of rotatable bonds is 8. The molecule has 0 bridgehead atoms. The molecule has 0 saturated heterocycles. The van der Waals surface area contributed by atoms with E-state index in [1.165, 1.54) is 6.07 Å². The first-order chi connectivity index (χ1) is 9.44. The number of nitrogens with zero attached hydrogens (tertiary/aromatic N) is 1. The molecule has 1 rings (SSSR count). The molecule has 0 unspecified atom stereocenters. The highest BCUT2D eigenvalue weighted by Gasteiger charge is 2.27. The Bertz CT molecular complexity index is 450. The molecule has 0 aliphatic rings. The number of benzene rings is 1. The average molecular weight is 288 g/mol. The summed E-state index contributed by atoms with van der Waals surface area (Å²) < 4.78 is 44.4. The third-order valence-corrected chi connectivity index (χ3v) is 2.59. The van der Waals surface area contributed by atoms with Crippen LogP contribution in [-0.2, 0) is 11.3 Å². The van der Waals surface area contributed by atoms with E-state index in [9.17, 15) is 13.2 Å². The molecular weight excluding hydrogens is 269 g/mol. The van der Waals surface area contributed by atoms with Crippen molar-refractivity contribution in [3.8, 4) is 0 Å². The van der Waals surface area contributed by atoms with E-state index in [4.69, 9.17) is 10.5 Å². The van der Waals surface area contributed by atoms with Crippen molar-refractivity contribution < 1.29 is 17.9 Å². The van der Waals surface area contributed by atoms with Gasteiger partial charge in [0.15, 0.2) is 0 Å². The van der Waals surface area contributed by atoms with Gasteiger partial charge in [0.2, 0.25) is 0 Å². The Morgan fingerprint density at radius 2 is 2.05 bits per heavy atom. The molecule has 0 aliphatic carbocycles. The number of hydrogen-bond acceptors (Lipinski definition) is 2. The second-order valence-electron chi connectivity index (χ2n) is 4.50. The number of amidine groups is 1. The fourth-order valence-electron chi connectivity index (χ4n) is 1.60. The maximum absolute atomic E-state index is 13.3. The Hall–Kier alpha value is -1.56. The first-order valence-corrected chi connectivity index (χ1v) is 6.42. The standard InChI is InChI=1S/C14H19F3N2O/c1-2-7-14(16,17)10-20-9-13(18)19-8-11-5-3-4-6-12(11)15/h3-6H,2,7-10H2,1H3,(H2,18,19). The number of aliphatic imine (C=N–C) groups is 1. The predicted octanol–water partition coefficient (Wildman–Crippen LogP) is 3.13. The molecule has 2 N–H and O–H groups in total. The summed E-state index contributed by atoms with van der Waals surface area (Å²) in [6.07, 6.45) is 0.159. The minimum absolute atomic E-state index is 0.0627. The number of halogens is 3. The zero-order chi connectivity index (χ0) is 15.0. The van der Waals surface area contributed by atoms with Gasteiger partial charge >= 0.3 is 0 Å². The molecule has 6 heteroatoms. The van der Waals surface area contributed by atoms with Gasteiger partial charge in [-0.15, -0.1) is 0 Å². The van der Waals surface area contributed by atoms with Crippen LogP contribution in [0.3, 0.4) is 0 Å². The molecule has 20 heavy (non-hydrogen) atoms. The van der Waals surface area contributed by atoms with Gasteiger partial charge in [-0.3, -0.25) is 4.99 Å². The molecule has 0 atom stereocenters. The van der Waals surface area contributed by atoms with Crippen LogP contribution in [0.1, 0.15) is 25.3 Å². The first kappa shape index (κ1) is 16.5. The van der Waals surface area contributed by atoms with E-state index in [0.29, 0.717) is 12.0 Å². The monoisotopic (exact) mass is 288 g/mol. The minimum Gasteiger partial charge on any atom is -0.386 e. The summed E-state index contributed by atoms with van der Waals surface area (Å²) in [5.74, 6) is -3.15. The predicted molar refractivity (Wildman–Crippen MR) is 72.4 cm³/mol. The van der Waals surface area contributed by atoms with Crippen LogP contribution in [0, 0.1) is 5.82 Å². The van der Waals surface area contributed by atoms with Gasteiger partial charge in [-0.1, -0.05) is 31.5 Å². The summed E-state index contributed by atoms with van der Waals surface area (Å²) in [7, 11) is 0. The third-order valence-electron chi connectivity index (χ3n) is 2.59. The van der Waals surface area contributed by atoms with E-state index in [-0.39, 0.29) is 31.2 Å². The number of ether oxygens (including phenoxy) is 1. The lowest BCUT2D eigenvalue weighted by Gasteiger charge is -2.15. The molecule has 3 nitrogen and oxygen atoms in total. The van der Waals surface area contributed by atoms with Crippen molar-refractivity contribution in [2.45, 2.75) is 32.2 Å². The van der Waals surface area contributed by atoms with Crippen LogP contribution in [0.5, 0.6) is 0 Å². The maximum atomic E-state index is 13.3. The molecule has 112 valence electrons. The lowest BCUT2D eigenvalue weighted by atomic mass is 10.2. The van der Waals surface area contributed by atoms with Gasteiger partial charge in [-0.25, -0.2) is 13.2 Å². The maximum Gasteiger partial charge on any atom is 0.271 e. The molecule has 0 amide bonds. The van der Waals surface area contributed by atoms with Crippen LogP contribution in [0.4, 0.5) is 13.2 Å². The fourth-order valence-corrected chi connectivity index (χ4v) is 1.60. The first-order valence-electron chi connectivity index (χ1n) is 6.42. The summed E-state index contributed by atoms with van der Waals surface area (Å²) in [6, 6.07) is 6.17. The summed E-state index contributed by atoms with van der Waals surface area (Å²) in [5.41, 5.74) is 5.93. The summed E-state index contributed by atoms with van der Waals surface area (Å²) in [5, 5.41) is 0. The van der Waals surface area contributed by atoms with Crippen molar-refractivity contribution in [1.29, 1.82) is 0 Å². The van der Waals surface area contributed by atoms with E-state index in [0.717, 1.165) is 0 Å². The molecular formula is C14H19F3N2O. The topological polar surface area (TPSA) is 47.6 Å². The van der Waals surface area contributed by atoms with Gasteiger partial charge in [-0.2, -0.15) is 0 Å². The molecule has 0 aromatic heterocycles. The third kappa shape index (κ3) is 6.06. The Labute approximate surface area is 116 Å². The van der Waals surface area contributed by atoms with Crippen molar-refractivity contribution >= 4 is 5.84 Å². The average Bonchev–Trinajstić information content (AvgIpc) is 2.37. The molecule has 0 aliphatic heterocycles. The number of hydrogen-bond donors (Lipinski definition) is 1. The highest BCUT2D eigenvalue weighted by atomic mass is 19.3. The summed E-state index contributed by atoms with van der Waals surface area (Å²) >= 11 is 0. The minimum atomic E-state index is -2.85. The van der Waals surface area contributed by atoms with Crippen molar-refractivity contribution in [3.05, 3.63) is 35.6 Å². The Balaban J connectivity index is 2.38. The van der Waals surface area contributed by atoms with Gasteiger partial charge in [-0.05, 0) is 6.07 Å². The lowest BCUT2D eigenvalue weighted by Crippen LogP contribution is -2.27. The van der Waals surface area contributed by atoms with E-state index in [2.05, 4.69) is 4.99 Å². The SMILES string of the molecule is CCCC(F)(F)COCC(N)=NCc1ccccc1F. The van der Waals surface area contributed by atoms with Crippen LogP contribution in [-0.4, -0.2) is 25.0 Å². The molecule has 0 saturated carbocycles. The molecule has 1 aromatic carbocycles. The fraction of sp³-hybridized carbons (Fsp3) is 0.500. The lowest BCUT2D eigenvalue weighted by molar-refractivity contribution is -0.0753. The normalized spacial score (nSPS) is 12.7. The zero-order valence-corrected chi connectivity index (χ0v) is 11.4. The van der Waals surface area contributed by atoms with Crippen LogP contribution in [0.2, 0.25) is 0 Å². The van der Waals surface area contributed by atoms with Gasteiger partial charge in [0.25, 0.3) is 5.92 Å². The molecule has 0 fully saturated rings. The van der Waals surface area contributed by atoms with E-state index in [1.54, 1.807) is 25.1 Å². The summed E-state index contributed by atoms with van der Waals surface area (Å²) in [4.78, 5) is 3.91. The van der Waals surface area contributed by atoms with Crippen molar-refractivity contribution in [2.24, 2.45) is 10.7 Å². The highest BCUT2D eigenvalue weighted by molar-refractivity contribution is 5.81. The van der Waals surface area contributed by atoms with E-state index >= 15 is 0 Å². The zero-order valence-electron chi connectivity index (χ0n) is 11.4. The van der Waals surface area contributed by atoms with Crippen LogP contribution in [0.15, 0.2) is 29.3 Å². The van der Waals surface area contributed by atoms with Crippen molar-refractivity contribution in [3.63, 3.8) is 0 Å². The smallest absolute Gasteiger partial charge is 0.271 e. The molecule has 0 spiro atoms. The van der Waals surface area contributed by atoms with Crippen LogP contribution >= 0.6 is 0 Å². The van der Waals surface area contributed by atoms with Crippen LogP contribution in [0.25, 0.3) is 0 Å².